The van der Waals surface area contributed by atoms with Gasteiger partial charge in [-0.15, -0.1) is 0 Å². The molecule has 1 aliphatic heterocycles. The fraction of sp³-hybridized carbons (Fsp3) is 0.478. The van der Waals surface area contributed by atoms with Gasteiger partial charge in [0.15, 0.2) is 0 Å². The largest absolute Gasteiger partial charge is 0.491 e. The highest BCUT2D eigenvalue weighted by Crippen LogP contribution is 2.21. The Kier molecular flexibility index (Phi) is 6.94. The van der Waals surface area contributed by atoms with E-state index in [2.05, 4.69) is 33.2 Å². The molecule has 1 atom stereocenters. The SMILES string of the molecule is CN(Cc1ccc2nonc2c1)Cc1ccccc1OC[C@@H](O)CN1CCCCC1. The summed E-state index contributed by atoms with van der Waals surface area (Å²) in [6.45, 7) is 4.67. The topological polar surface area (TPSA) is 74.9 Å². The molecule has 0 amide bonds. The second kappa shape index (κ2) is 10.0. The van der Waals surface area contributed by atoms with Gasteiger partial charge < -0.3 is 14.7 Å². The van der Waals surface area contributed by atoms with E-state index in [1.54, 1.807) is 0 Å². The molecule has 0 unspecified atom stereocenters. The molecular weight excluding hydrogens is 380 g/mol. The van der Waals surface area contributed by atoms with Crippen LogP contribution in [0, 0.1) is 0 Å². The standard InChI is InChI=1S/C23H30N4O3/c1-26(14-18-9-10-21-22(13-18)25-30-24-21)15-19-7-3-4-8-23(19)29-17-20(28)16-27-11-5-2-6-12-27/h3-4,7-10,13,20,28H,2,5-6,11-12,14-17H2,1H3/t20-/m0/s1. The summed E-state index contributed by atoms with van der Waals surface area (Å²) >= 11 is 0. The highest BCUT2D eigenvalue weighted by Gasteiger charge is 2.16. The van der Waals surface area contributed by atoms with Gasteiger partial charge in [0.2, 0.25) is 0 Å². The molecule has 3 aromatic rings. The van der Waals surface area contributed by atoms with Gasteiger partial charge in [-0.2, -0.15) is 0 Å². The molecule has 0 radical (unpaired) electrons. The lowest BCUT2D eigenvalue weighted by Crippen LogP contribution is -2.38. The minimum atomic E-state index is -0.475. The Morgan fingerprint density at radius 2 is 1.87 bits per heavy atom. The van der Waals surface area contributed by atoms with Crippen molar-refractivity contribution in [3.8, 4) is 5.75 Å². The number of hydrogen-bond donors (Lipinski definition) is 1. The third kappa shape index (κ3) is 5.56. The molecule has 4 rings (SSSR count). The maximum absolute atomic E-state index is 10.4. The van der Waals surface area contributed by atoms with Crippen molar-refractivity contribution in [1.82, 2.24) is 20.1 Å². The van der Waals surface area contributed by atoms with Crippen LogP contribution in [0.1, 0.15) is 30.4 Å². The Morgan fingerprint density at radius 3 is 2.73 bits per heavy atom. The number of rotatable bonds is 9. The van der Waals surface area contributed by atoms with Gasteiger partial charge in [-0.25, -0.2) is 4.63 Å². The van der Waals surface area contributed by atoms with E-state index in [1.807, 2.05) is 36.4 Å². The Balaban J connectivity index is 1.31. The molecule has 7 heteroatoms. The molecule has 7 nitrogen and oxygen atoms in total. The normalized spacial score (nSPS) is 16.2. The molecule has 2 aromatic carbocycles. The van der Waals surface area contributed by atoms with Gasteiger partial charge in [-0.1, -0.05) is 30.7 Å². The zero-order valence-corrected chi connectivity index (χ0v) is 17.5. The number of likely N-dealkylation sites (tertiary alicyclic amines) is 1. The van der Waals surface area contributed by atoms with Crippen LogP contribution in [0.15, 0.2) is 47.1 Å². The number of fused-ring (bicyclic) bond motifs is 1. The smallest absolute Gasteiger partial charge is 0.135 e. The Labute approximate surface area is 177 Å². The maximum atomic E-state index is 10.4. The van der Waals surface area contributed by atoms with Crippen molar-refractivity contribution in [2.45, 2.75) is 38.5 Å². The summed E-state index contributed by atoms with van der Waals surface area (Å²) in [5.74, 6) is 0.832. The zero-order chi connectivity index (χ0) is 20.8. The van der Waals surface area contributed by atoms with E-state index in [0.29, 0.717) is 13.2 Å². The highest BCUT2D eigenvalue weighted by molar-refractivity contribution is 5.73. The van der Waals surface area contributed by atoms with Crippen molar-refractivity contribution >= 4 is 11.0 Å². The minimum Gasteiger partial charge on any atom is -0.491 e. The first-order valence-electron chi connectivity index (χ1n) is 10.7. The van der Waals surface area contributed by atoms with Crippen LogP contribution in [-0.4, -0.2) is 64.6 Å². The lowest BCUT2D eigenvalue weighted by atomic mass is 10.1. The number of β-amino-alcohol motifs (C(OH)–C–C–N with tert-alkyl or cyclic N) is 1. The number of aliphatic hydroxyl groups is 1. The Morgan fingerprint density at radius 1 is 1.07 bits per heavy atom. The van der Waals surface area contributed by atoms with Gasteiger partial charge in [0.05, 0.1) is 0 Å². The van der Waals surface area contributed by atoms with E-state index in [4.69, 9.17) is 9.37 Å². The number of para-hydroxylation sites is 1. The van der Waals surface area contributed by atoms with E-state index < -0.39 is 6.10 Å². The van der Waals surface area contributed by atoms with Crippen molar-refractivity contribution in [3.05, 3.63) is 53.6 Å². The fourth-order valence-corrected chi connectivity index (χ4v) is 4.04. The number of nitrogens with zero attached hydrogens (tertiary/aromatic N) is 4. The summed E-state index contributed by atoms with van der Waals surface area (Å²) in [7, 11) is 2.08. The second-order valence-electron chi connectivity index (χ2n) is 8.19. The van der Waals surface area contributed by atoms with Crippen LogP contribution < -0.4 is 4.74 Å². The lowest BCUT2D eigenvalue weighted by molar-refractivity contribution is 0.0612. The number of hydrogen-bond acceptors (Lipinski definition) is 7. The Bertz CT molecular complexity index is 939. The van der Waals surface area contributed by atoms with E-state index in [-0.39, 0.29) is 0 Å². The summed E-state index contributed by atoms with van der Waals surface area (Å²) in [6, 6.07) is 14.0. The van der Waals surface area contributed by atoms with Crippen LogP contribution in [0.5, 0.6) is 5.75 Å². The van der Waals surface area contributed by atoms with Gasteiger partial charge in [-0.3, -0.25) is 4.90 Å². The molecule has 1 fully saturated rings. The van der Waals surface area contributed by atoms with Crippen LogP contribution >= 0.6 is 0 Å². The highest BCUT2D eigenvalue weighted by atomic mass is 16.6. The average Bonchev–Trinajstić information content (AvgIpc) is 3.22. The van der Waals surface area contributed by atoms with Crippen LogP contribution in [0.25, 0.3) is 11.0 Å². The maximum Gasteiger partial charge on any atom is 0.135 e. The van der Waals surface area contributed by atoms with Crippen molar-refractivity contribution < 1.29 is 14.5 Å². The van der Waals surface area contributed by atoms with Gasteiger partial charge in [0.1, 0.15) is 29.5 Å². The van der Waals surface area contributed by atoms with E-state index in [0.717, 1.165) is 54.1 Å². The van der Waals surface area contributed by atoms with Crippen molar-refractivity contribution in [2.75, 3.05) is 33.3 Å². The second-order valence-corrected chi connectivity index (χ2v) is 8.19. The van der Waals surface area contributed by atoms with Crippen LogP contribution in [0.4, 0.5) is 0 Å². The number of aliphatic hydroxyl groups excluding tert-OH is 1. The third-order valence-electron chi connectivity index (χ3n) is 5.53. The van der Waals surface area contributed by atoms with Gasteiger partial charge >= 0.3 is 0 Å². The molecule has 2 heterocycles. The third-order valence-corrected chi connectivity index (χ3v) is 5.53. The lowest BCUT2D eigenvalue weighted by Gasteiger charge is -2.28. The van der Waals surface area contributed by atoms with Gasteiger partial charge in [0.25, 0.3) is 0 Å². The first-order valence-corrected chi connectivity index (χ1v) is 10.7. The Hall–Kier alpha value is -2.48. The van der Waals surface area contributed by atoms with E-state index >= 15 is 0 Å². The summed E-state index contributed by atoms with van der Waals surface area (Å²) in [6.07, 6.45) is 3.27. The summed E-state index contributed by atoms with van der Waals surface area (Å²) in [5, 5.41) is 18.2. The number of ether oxygens (including phenoxy) is 1. The van der Waals surface area contributed by atoms with Gasteiger partial charge in [-0.05, 0) is 67.1 Å². The number of benzene rings is 2. The number of aromatic nitrogens is 2. The molecule has 0 spiro atoms. The minimum absolute atomic E-state index is 0.313. The molecule has 1 aromatic heterocycles. The zero-order valence-electron chi connectivity index (χ0n) is 17.5. The molecule has 1 N–H and O–H groups in total. The molecule has 1 aliphatic rings. The molecule has 0 saturated carbocycles. The molecule has 0 bridgehead atoms. The predicted molar refractivity (Wildman–Crippen MR) is 115 cm³/mol. The van der Waals surface area contributed by atoms with Crippen molar-refractivity contribution in [3.63, 3.8) is 0 Å². The summed E-state index contributed by atoms with van der Waals surface area (Å²) in [4.78, 5) is 4.56. The molecule has 160 valence electrons. The average molecular weight is 411 g/mol. The van der Waals surface area contributed by atoms with Crippen molar-refractivity contribution in [1.29, 1.82) is 0 Å². The first-order chi connectivity index (χ1) is 14.7. The quantitative estimate of drug-likeness (QED) is 0.581. The van der Waals surface area contributed by atoms with Crippen LogP contribution in [0.3, 0.4) is 0 Å². The monoisotopic (exact) mass is 410 g/mol. The number of piperidine rings is 1. The van der Waals surface area contributed by atoms with Crippen LogP contribution in [0.2, 0.25) is 0 Å². The summed E-state index contributed by atoms with van der Waals surface area (Å²) in [5.41, 5.74) is 3.79. The first kappa shape index (κ1) is 20.8. The van der Waals surface area contributed by atoms with Crippen LogP contribution in [-0.2, 0) is 13.1 Å². The van der Waals surface area contributed by atoms with E-state index in [9.17, 15) is 5.11 Å². The molecular formula is C23H30N4O3. The fourth-order valence-electron chi connectivity index (χ4n) is 4.04. The molecule has 1 saturated heterocycles. The molecule has 30 heavy (non-hydrogen) atoms. The predicted octanol–water partition coefficient (Wildman–Crippen LogP) is 3.08. The van der Waals surface area contributed by atoms with E-state index in [1.165, 1.54) is 19.3 Å². The van der Waals surface area contributed by atoms with Gasteiger partial charge in [0, 0.05) is 25.2 Å². The molecule has 0 aliphatic carbocycles. The van der Waals surface area contributed by atoms with Crippen molar-refractivity contribution in [2.24, 2.45) is 0 Å². The summed E-state index contributed by atoms with van der Waals surface area (Å²) < 4.78 is 10.8.